The maximum Gasteiger partial charge on any atom is 0.136 e. The van der Waals surface area contributed by atoms with Gasteiger partial charge in [0.25, 0.3) is 0 Å². The molecule has 0 saturated carbocycles. The van der Waals surface area contributed by atoms with Gasteiger partial charge >= 0.3 is 0 Å². The zero-order chi connectivity index (χ0) is 45.7. The molecule has 43 heavy (non-hydrogen) atoms. The highest BCUT2D eigenvalue weighted by atomic mass is 16.3. The van der Waals surface area contributed by atoms with E-state index in [-0.39, 0.29) is 33.2 Å². The van der Waals surface area contributed by atoms with Crippen LogP contribution in [0.4, 0.5) is 0 Å². The molecule has 0 radical (unpaired) electrons. The number of benzene rings is 8. The molecule has 1 heterocycles. The predicted molar refractivity (Wildman–Crippen MR) is 183 cm³/mol. The highest BCUT2D eigenvalue weighted by Crippen LogP contribution is 2.50. The molecule has 0 N–H and O–H groups in total. The third kappa shape index (κ3) is 3.58. The fraction of sp³-hybridized carbons (Fsp3) is 0. The van der Waals surface area contributed by atoms with E-state index in [1.54, 1.807) is 24.3 Å². The Labute approximate surface area is 277 Å². The minimum atomic E-state index is -0.854. The molecule has 0 aliphatic heterocycles. The van der Waals surface area contributed by atoms with Crippen LogP contribution in [0.15, 0.2) is 162 Å². The molecule has 1 nitrogen and oxygen atoms in total. The Morgan fingerprint density at radius 2 is 1.00 bits per heavy atom. The van der Waals surface area contributed by atoms with E-state index in [0.29, 0.717) is 11.0 Å². The van der Waals surface area contributed by atoms with Gasteiger partial charge in [0.1, 0.15) is 11.2 Å². The molecule has 0 amide bonds. The Morgan fingerprint density at radius 1 is 0.395 bits per heavy atom. The van der Waals surface area contributed by atoms with Crippen molar-refractivity contribution in [1.82, 2.24) is 0 Å². The molecule has 9 rings (SSSR count). The van der Waals surface area contributed by atoms with Gasteiger partial charge in [-0.3, -0.25) is 0 Å². The summed E-state index contributed by atoms with van der Waals surface area (Å²) in [5.74, 6) is 0. The second-order valence-corrected chi connectivity index (χ2v) is 9.71. The Morgan fingerprint density at radius 3 is 1.74 bits per heavy atom. The van der Waals surface area contributed by atoms with Crippen LogP contribution in [0.2, 0.25) is 0 Å². The summed E-state index contributed by atoms with van der Waals surface area (Å²) < 4.78 is 186. The molecule has 9 aromatic rings. The summed E-state index contributed by atoms with van der Waals surface area (Å²) in [5.41, 5.74) is -1.59. The summed E-state index contributed by atoms with van der Waals surface area (Å²) in [5, 5.41) is -2.44. The summed E-state index contributed by atoms with van der Waals surface area (Å²) in [6.07, 6.45) is 0. The minimum absolute atomic E-state index is 0.117. The van der Waals surface area contributed by atoms with Crippen molar-refractivity contribution in [3.8, 4) is 33.4 Å². The van der Waals surface area contributed by atoms with Crippen molar-refractivity contribution in [3.63, 3.8) is 0 Å². The fourth-order valence-electron chi connectivity index (χ4n) is 5.79. The maximum absolute atomic E-state index is 9.59. The average Bonchev–Trinajstić information content (AvgIpc) is 3.65. The van der Waals surface area contributed by atoms with Gasteiger partial charge in [0, 0.05) is 16.3 Å². The minimum Gasteiger partial charge on any atom is -0.456 e. The zero-order valence-corrected chi connectivity index (χ0v) is 21.9. The highest BCUT2D eigenvalue weighted by Gasteiger charge is 2.23. The summed E-state index contributed by atoms with van der Waals surface area (Å²) in [4.78, 5) is 0. The van der Waals surface area contributed by atoms with E-state index in [0.717, 1.165) is 0 Å². The highest BCUT2D eigenvalue weighted by molar-refractivity contribution is 6.28. The first-order chi connectivity index (χ1) is 29.7. The molecule has 1 aromatic heterocycles. The molecular formula is C42H26O. The second-order valence-electron chi connectivity index (χ2n) is 9.71. The molecule has 1 heteroatoms. The largest absolute Gasteiger partial charge is 0.456 e. The fourth-order valence-corrected chi connectivity index (χ4v) is 5.79. The van der Waals surface area contributed by atoms with Crippen LogP contribution in [-0.4, -0.2) is 0 Å². The average molecular weight is 567 g/mol. The van der Waals surface area contributed by atoms with E-state index in [2.05, 4.69) is 0 Å². The lowest BCUT2D eigenvalue weighted by molar-refractivity contribution is 0.669. The molecule has 0 aliphatic carbocycles. The van der Waals surface area contributed by atoms with Gasteiger partial charge in [-0.25, -0.2) is 0 Å². The number of hydrogen-bond acceptors (Lipinski definition) is 1. The summed E-state index contributed by atoms with van der Waals surface area (Å²) >= 11 is 0. The maximum atomic E-state index is 9.59. The molecule has 0 saturated heterocycles. The van der Waals surface area contributed by atoms with E-state index in [4.69, 9.17) is 25.0 Å². The molecule has 0 fully saturated rings. The molecule has 8 aromatic carbocycles. The number of rotatable bonds is 3. The second kappa shape index (κ2) is 9.44. The van der Waals surface area contributed by atoms with Crippen molar-refractivity contribution >= 4 is 54.3 Å². The topological polar surface area (TPSA) is 13.1 Å². The SMILES string of the molecule is [2H]c1c([2H])c([2H])c(-c2ccc3oc4ccccc4c3c2-c2c3c([2H])c([2H])c([2H])c([2H])c3c(-c3c([2H])c([2H])c([2H])c4c([2H])c([2H])c([2H])c([2H])c34)c3c([2H])c([2H])c([2H])c([2H])c23)c([2H])c1[2H]. The van der Waals surface area contributed by atoms with E-state index in [1.807, 2.05) is 0 Å². The lowest BCUT2D eigenvalue weighted by atomic mass is 9.81. The molecular weight excluding hydrogens is 520 g/mol. The van der Waals surface area contributed by atoms with Crippen LogP contribution in [0, 0.1) is 0 Å². The van der Waals surface area contributed by atoms with Crippen LogP contribution in [0.3, 0.4) is 0 Å². The Balaban J connectivity index is 1.71. The van der Waals surface area contributed by atoms with Gasteiger partial charge in [-0.1, -0.05) is 145 Å². The van der Waals surface area contributed by atoms with Crippen molar-refractivity contribution < 1.29 is 31.8 Å². The van der Waals surface area contributed by atoms with Crippen molar-refractivity contribution in [2.45, 2.75) is 0 Å². The van der Waals surface area contributed by atoms with Crippen LogP contribution in [0.1, 0.15) is 27.4 Å². The quantitative estimate of drug-likeness (QED) is 0.194. The van der Waals surface area contributed by atoms with Crippen LogP contribution >= 0.6 is 0 Å². The zero-order valence-electron chi connectivity index (χ0n) is 41.9. The summed E-state index contributed by atoms with van der Waals surface area (Å²) in [7, 11) is 0. The summed E-state index contributed by atoms with van der Waals surface area (Å²) in [6.45, 7) is 0. The number of para-hydroxylation sites is 1. The molecule has 0 unspecified atom stereocenters. The van der Waals surface area contributed by atoms with Gasteiger partial charge in [0.15, 0.2) is 0 Å². The van der Waals surface area contributed by atoms with Gasteiger partial charge in [0.05, 0.1) is 27.4 Å². The van der Waals surface area contributed by atoms with Gasteiger partial charge in [-0.2, -0.15) is 0 Å². The smallest absolute Gasteiger partial charge is 0.136 e. The van der Waals surface area contributed by atoms with E-state index >= 15 is 0 Å². The van der Waals surface area contributed by atoms with Gasteiger partial charge in [-0.15, -0.1) is 0 Å². The van der Waals surface area contributed by atoms with Crippen LogP contribution in [-0.2, 0) is 0 Å². The van der Waals surface area contributed by atoms with Gasteiger partial charge in [-0.05, 0) is 72.3 Å². The Hall–Kier alpha value is -5.66. The van der Waals surface area contributed by atoms with Crippen molar-refractivity contribution in [3.05, 3.63) is 157 Å². The third-order valence-corrected chi connectivity index (χ3v) is 7.50. The number of hydrogen-bond donors (Lipinski definition) is 0. The van der Waals surface area contributed by atoms with E-state index < -0.39 is 164 Å². The first kappa shape index (κ1) is 11.6. The standard InChI is InChI=1S/C42H26O/c1-2-13-28(14-3-1)30-25-26-38-41(36-22-10-11-24-37(36)43-38)42(30)40-34-20-8-6-18-32(34)39(33-19-7-9-21-35(33)40)31-23-12-16-27-15-4-5-17-29(27)31/h1-26H/i1D,2D,3D,4D,5D,6D,7D,8D,9D,12D,13D,14D,15D,16D,17D,18D,19D,20D,21D,23D. The van der Waals surface area contributed by atoms with Crippen molar-refractivity contribution in [2.24, 2.45) is 0 Å². The first-order valence-electron chi connectivity index (χ1n) is 23.1. The Bertz CT molecular complexity index is 3510. The van der Waals surface area contributed by atoms with Crippen LogP contribution in [0.25, 0.3) is 87.6 Å². The van der Waals surface area contributed by atoms with Gasteiger partial charge in [0.2, 0.25) is 0 Å². The molecule has 0 bridgehead atoms. The van der Waals surface area contributed by atoms with Crippen LogP contribution in [0.5, 0.6) is 0 Å². The summed E-state index contributed by atoms with van der Waals surface area (Å²) in [6, 6.07) is -6.20. The van der Waals surface area contributed by atoms with Crippen LogP contribution < -0.4 is 0 Å². The third-order valence-electron chi connectivity index (χ3n) is 7.50. The molecule has 0 aliphatic rings. The predicted octanol–water partition coefficient (Wildman–Crippen LogP) is 12.0. The molecule has 0 atom stereocenters. The monoisotopic (exact) mass is 566 g/mol. The van der Waals surface area contributed by atoms with E-state index in [9.17, 15) is 6.85 Å². The van der Waals surface area contributed by atoms with Crippen molar-refractivity contribution in [1.29, 1.82) is 0 Å². The lowest BCUT2D eigenvalue weighted by Gasteiger charge is -2.21. The molecule has 0 spiro atoms. The molecule has 200 valence electrons. The van der Waals surface area contributed by atoms with Crippen molar-refractivity contribution in [2.75, 3.05) is 0 Å². The first-order valence-corrected chi connectivity index (χ1v) is 13.1. The van der Waals surface area contributed by atoms with Gasteiger partial charge < -0.3 is 4.42 Å². The Kier molecular flexibility index (Phi) is 2.54. The van der Waals surface area contributed by atoms with E-state index in [1.165, 1.54) is 12.1 Å². The lowest BCUT2D eigenvalue weighted by Crippen LogP contribution is -1.94. The normalized spacial score (nSPS) is 18.2. The number of fused-ring (bicyclic) bond motifs is 6. The number of furan rings is 1.